The van der Waals surface area contributed by atoms with E-state index in [4.69, 9.17) is 0 Å². The number of hydrogen-bond acceptors (Lipinski definition) is 3. The molecule has 0 aromatic heterocycles. The molecule has 0 aliphatic heterocycles. The Morgan fingerprint density at radius 3 is 2.39 bits per heavy atom. The second-order valence-electron chi connectivity index (χ2n) is 4.44. The van der Waals surface area contributed by atoms with Crippen LogP contribution in [-0.4, -0.2) is 27.8 Å². The van der Waals surface area contributed by atoms with Crippen molar-refractivity contribution in [2.24, 2.45) is 0 Å². The molecule has 4 nitrogen and oxygen atoms in total. The van der Waals surface area contributed by atoms with Gasteiger partial charge in [0.05, 0.1) is 5.75 Å². The summed E-state index contributed by atoms with van der Waals surface area (Å²) in [6, 6.07) is 7.85. The van der Waals surface area contributed by atoms with Crippen LogP contribution >= 0.6 is 0 Å². The van der Waals surface area contributed by atoms with Crippen LogP contribution < -0.4 is 10.0 Å². The highest BCUT2D eigenvalue weighted by Gasteiger charge is 2.08. The Kier molecular flexibility index (Phi) is 6.32. The zero-order valence-electron chi connectivity index (χ0n) is 11.1. The molecule has 0 saturated heterocycles. The number of aryl methyl sites for hydroxylation is 1. The summed E-state index contributed by atoms with van der Waals surface area (Å²) in [4.78, 5) is 0. The van der Waals surface area contributed by atoms with E-state index in [-0.39, 0.29) is 5.75 Å². The zero-order chi connectivity index (χ0) is 13.4. The molecule has 0 unspecified atom stereocenters. The molecule has 0 amide bonds. The van der Waals surface area contributed by atoms with Crippen LogP contribution in [-0.2, 0) is 16.6 Å². The van der Waals surface area contributed by atoms with Crippen LogP contribution in [0.25, 0.3) is 0 Å². The first-order chi connectivity index (χ1) is 8.53. The topological polar surface area (TPSA) is 58.2 Å². The molecule has 2 N–H and O–H groups in total. The van der Waals surface area contributed by atoms with Gasteiger partial charge < -0.3 is 5.32 Å². The number of sulfonamides is 1. The summed E-state index contributed by atoms with van der Waals surface area (Å²) in [6.07, 6.45) is 1.56. The van der Waals surface area contributed by atoms with Crippen LogP contribution in [0, 0.1) is 6.92 Å². The highest BCUT2D eigenvalue weighted by molar-refractivity contribution is 7.89. The lowest BCUT2D eigenvalue weighted by molar-refractivity contribution is 0.575. The van der Waals surface area contributed by atoms with Crippen molar-refractivity contribution in [3.8, 4) is 0 Å². The second kappa shape index (κ2) is 7.51. The van der Waals surface area contributed by atoms with Gasteiger partial charge in [-0.1, -0.05) is 29.8 Å². The molecule has 0 heterocycles. The fraction of sp³-hybridized carbons (Fsp3) is 0.538. The summed E-state index contributed by atoms with van der Waals surface area (Å²) in [5.74, 6) is 0.195. The maximum atomic E-state index is 11.7. The summed E-state index contributed by atoms with van der Waals surface area (Å²) >= 11 is 0. The monoisotopic (exact) mass is 270 g/mol. The van der Waals surface area contributed by atoms with E-state index < -0.39 is 10.0 Å². The molecular formula is C13H22N2O2S. The maximum absolute atomic E-state index is 11.7. The molecule has 18 heavy (non-hydrogen) atoms. The van der Waals surface area contributed by atoms with Crippen molar-refractivity contribution in [1.29, 1.82) is 0 Å². The fourth-order valence-corrected chi connectivity index (χ4v) is 2.68. The highest BCUT2D eigenvalue weighted by Crippen LogP contribution is 2.03. The Bertz CT molecular complexity index is 441. The third-order valence-electron chi connectivity index (χ3n) is 2.71. The minimum absolute atomic E-state index is 0.195. The average molecular weight is 270 g/mol. The maximum Gasteiger partial charge on any atom is 0.211 e. The minimum Gasteiger partial charge on any atom is -0.320 e. The predicted octanol–water partition coefficient (Wildman–Crippen LogP) is 1.41. The van der Waals surface area contributed by atoms with Gasteiger partial charge >= 0.3 is 0 Å². The summed E-state index contributed by atoms with van der Waals surface area (Å²) in [5.41, 5.74) is 2.16. The Balaban J connectivity index is 2.34. The van der Waals surface area contributed by atoms with Crippen LogP contribution in [0.5, 0.6) is 0 Å². The van der Waals surface area contributed by atoms with Gasteiger partial charge in [-0.05, 0) is 38.9 Å². The lowest BCUT2D eigenvalue weighted by atomic mass is 10.2. The molecule has 0 aliphatic carbocycles. The molecule has 0 saturated carbocycles. The molecular weight excluding hydrogens is 248 g/mol. The van der Waals surface area contributed by atoms with Crippen molar-refractivity contribution in [3.05, 3.63) is 35.4 Å². The average Bonchev–Trinajstić information content (AvgIpc) is 2.34. The molecule has 102 valence electrons. The first-order valence-corrected chi connectivity index (χ1v) is 7.86. The van der Waals surface area contributed by atoms with Gasteiger partial charge in [0.2, 0.25) is 10.0 Å². The van der Waals surface area contributed by atoms with Crippen LogP contribution in [0.2, 0.25) is 0 Å². The Morgan fingerprint density at radius 2 is 1.78 bits per heavy atom. The molecule has 1 aromatic rings. The lowest BCUT2D eigenvalue weighted by Crippen LogP contribution is -2.26. The molecule has 0 radical (unpaired) electrons. The first-order valence-electron chi connectivity index (χ1n) is 6.21. The smallest absolute Gasteiger partial charge is 0.211 e. The van der Waals surface area contributed by atoms with E-state index in [2.05, 4.69) is 10.0 Å². The highest BCUT2D eigenvalue weighted by atomic mass is 32.2. The van der Waals surface area contributed by atoms with Gasteiger partial charge in [-0.25, -0.2) is 13.1 Å². The van der Waals surface area contributed by atoms with Crippen molar-refractivity contribution in [1.82, 2.24) is 10.0 Å². The van der Waals surface area contributed by atoms with Gasteiger partial charge in [-0.2, -0.15) is 0 Å². The van der Waals surface area contributed by atoms with E-state index in [1.54, 1.807) is 0 Å². The van der Waals surface area contributed by atoms with E-state index in [9.17, 15) is 8.42 Å². The SMILES string of the molecule is CNCCCCS(=O)(=O)NCc1ccc(C)cc1. The fourth-order valence-electron chi connectivity index (χ4n) is 1.57. The number of benzene rings is 1. The predicted molar refractivity (Wildman–Crippen MR) is 75.0 cm³/mol. The molecule has 0 spiro atoms. The summed E-state index contributed by atoms with van der Waals surface area (Å²) in [5, 5.41) is 3.00. The van der Waals surface area contributed by atoms with Gasteiger partial charge in [-0.3, -0.25) is 0 Å². The molecule has 0 fully saturated rings. The van der Waals surface area contributed by atoms with Crippen LogP contribution in [0.15, 0.2) is 24.3 Å². The van der Waals surface area contributed by atoms with E-state index in [1.807, 2.05) is 38.2 Å². The number of rotatable bonds is 8. The zero-order valence-corrected chi connectivity index (χ0v) is 11.9. The van der Waals surface area contributed by atoms with Crippen molar-refractivity contribution in [2.75, 3.05) is 19.3 Å². The van der Waals surface area contributed by atoms with Crippen molar-refractivity contribution in [3.63, 3.8) is 0 Å². The normalized spacial score (nSPS) is 11.7. The molecule has 1 rings (SSSR count). The molecule has 0 bridgehead atoms. The summed E-state index contributed by atoms with van der Waals surface area (Å²) in [7, 11) is -1.28. The van der Waals surface area contributed by atoms with Gasteiger partial charge in [-0.15, -0.1) is 0 Å². The Hall–Kier alpha value is -0.910. The molecule has 5 heteroatoms. The quantitative estimate of drug-likeness (QED) is 0.702. The lowest BCUT2D eigenvalue weighted by Gasteiger charge is -2.07. The van der Waals surface area contributed by atoms with Crippen molar-refractivity contribution >= 4 is 10.0 Å². The van der Waals surface area contributed by atoms with Crippen molar-refractivity contribution in [2.45, 2.75) is 26.3 Å². The largest absolute Gasteiger partial charge is 0.320 e. The van der Waals surface area contributed by atoms with E-state index in [0.29, 0.717) is 13.0 Å². The number of hydrogen-bond donors (Lipinski definition) is 2. The third-order valence-corrected chi connectivity index (χ3v) is 4.12. The Morgan fingerprint density at radius 1 is 1.11 bits per heavy atom. The van der Waals surface area contributed by atoms with Crippen LogP contribution in [0.4, 0.5) is 0 Å². The van der Waals surface area contributed by atoms with Crippen LogP contribution in [0.3, 0.4) is 0 Å². The standard InChI is InChI=1S/C13H22N2O2S/c1-12-5-7-13(8-6-12)11-15-18(16,17)10-4-3-9-14-2/h5-8,14-15H,3-4,9-11H2,1-2H3. The van der Waals surface area contributed by atoms with Crippen LogP contribution in [0.1, 0.15) is 24.0 Å². The van der Waals surface area contributed by atoms with E-state index in [1.165, 1.54) is 5.56 Å². The van der Waals surface area contributed by atoms with Gasteiger partial charge in [0.15, 0.2) is 0 Å². The molecule has 0 atom stereocenters. The van der Waals surface area contributed by atoms with Crippen molar-refractivity contribution < 1.29 is 8.42 Å². The number of unbranched alkanes of at least 4 members (excludes halogenated alkanes) is 1. The second-order valence-corrected chi connectivity index (χ2v) is 6.36. The first kappa shape index (κ1) is 15.1. The van der Waals surface area contributed by atoms with Gasteiger partial charge in [0.1, 0.15) is 0 Å². The third kappa shape index (κ3) is 6.14. The summed E-state index contributed by atoms with van der Waals surface area (Å²) in [6.45, 7) is 3.23. The number of nitrogens with one attached hydrogen (secondary N) is 2. The Labute approximate surface area is 110 Å². The minimum atomic E-state index is -3.15. The molecule has 0 aliphatic rings. The van der Waals surface area contributed by atoms with Gasteiger partial charge in [0.25, 0.3) is 0 Å². The summed E-state index contributed by atoms with van der Waals surface area (Å²) < 4.78 is 26.0. The van der Waals surface area contributed by atoms with E-state index in [0.717, 1.165) is 18.5 Å². The molecule has 1 aromatic carbocycles. The van der Waals surface area contributed by atoms with E-state index >= 15 is 0 Å². The van der Waals surface area contributed by atoms with Gasteiger partial charge in [0, 0.05) is 6.54 Å².